The first-order chi connectivity index (χ1) is 8.02. The van der Waals surface area contributed by atoms with Gasteiger partial charge in [0.05, 0.1) is 0 Å². The predicted octanol–water partition coefficient (Wildman–Crippen LogP) is 2.02. The largest absolute Gasteiger partial charge is 0.345 e. The fourth-order valence-electron chi connectivity index (χ4n) is 2.48. The highest BCUT2D eigenvalue weighted by Gasteiger charge is 2.32. The van der Waals surface area contributed by atoms with Gasteiger partial charge in [-0.05, 0) is 47.8 Å². The first kappa shape index (κ1) is 15.5. The van der Waals surface area contributed by atoms with Gasteiger partial charge in [-0.15, -0.1) is 12.4 Å². The van der Waals surface area contributed by atoms with Crippen molar-refractivity contribution in [3.8, 4) is 0 Å². The Labute approximate surface area is 122 Å². The summed E-state index contributed by atoms with van der Waals surface area (Å²) in [6.45, 7) is 3.52. The van der Waals surface area contributed by atoms with Gasteiger partial charge in [0.25, 0.3) is 5.91 Å². The van der Waals surface area contributed by atoms with E-state index in [9.17, 15) is 4.79 Å². The summed E-state index contributed by atoms with van der Waals surface area (Å²) >= 11 is 3.39. The van der Waals surface area contributed by atoms with Crippen LogP contribution in [0.15, 0.2) is 16.7 Å². The Hall–Kier alpha value is -0.520. The molecule has 0 aliphatic carbocycles. The van der Waals surface area contributed by atoms with Gasteiger partial charge in [-0.25, -0.2) is 0 Å². The molecular weight excluding hydrogens is 318 g/mol. The van der Waals surface area contributed by atoms with Crippen LogP contribution in [-0.4, -0.2) is 34.5 Å². The maximum absolute atomic E-state index is 12.4. The molecule has 1 aliphatic rings. The number of nitrogens with zero attached hydrogens (tertiary/aromatic N) is 2. The number of aryl methyl sites for hydroxylation is 1. The minimum Gasteiger partial charge on any atom is -0.345 e. The molecule has 0 aromatic carbocycles. The summed E-state index contributed by atoms with van der Waals surface area (Å²) < 4.78 is 2.79. The molecule has 2 heterocycles. The molecule has 0 bridgehead atoms. The molecule has 0 radical (unpaired) electrons. The molecule has 2 N–H and O–H groups in total. The lowest BCUT2D eigenvalue weighted by Crippen LogP contribution is -2.35. The molecule has 6 heteroatoms. The van der Waals surface area contributed by atoms with Crippen LogP contribution in [0.3, 0.4) is 0 Å². The highest BCUT2D eigenvalue weighted by molar-refractivity contribution is 9.10. The topological polar surface area (TPSA) is 51.3 Å². The lowest BCUT2D eigenvalue weighted by Gasteiger charge is -2.21. The summed E-state index contributed by atoms with van der Waals surface area (Å²) in [7, 11) is 1.89. The Morgan fingerprint density at radius 1 is 1.61 bits per heavy atom. The van der Waals surface area contributed by atoms with E-state index in [4.69, 9.17) is 5.73 Å². The summed E-state index contributed by atoms with van der Waals surface area (Å²) in [6, 6.07) is 2.15. The Balaban J connectivity index is 0.00000162. The van der Waals surface area contributed by atoms with Crippen molar-refractivity contribution in [2.45, 2.75) is 19.4 Å². The summed E-state index contributed by atoms with van der Waals surface area (Å²) in [5, 5.41) is 0. The average molecular weight is 337 g/mol. The van der Waals surface area contributed by atoms with Crippen molar-refractivity contribution in [1.82, 2.24) is 9.47 Å². The average Bonchev–Trinajstić information content (AvgIpc) is 2.81. The van der Waals surface area contributed by atoms with E-state index in [1.54, 1.807) is 0 Å². The molecule has 1 amide bonds. The summed E-state index contributed by atoms with van der Waals surface area (Å²) in [6.07, 6.45) is 2.90. The van der Waals surface area contributed by atoms with E-state index in [1.165, 1.54) is 0 Å². The Kier molecular flexibility index (Phi) is 5.25. The van der Waals surface area contributed by atoms with Gasteiger partial charge in [0.1, 0.15) is 5.69 Å². The van der Waals surface area contributed by atoms with Crippen molar-refractivity contribution in [3.05, 3.63) is 22.4 Å². The summed E-state index contributed by atoms with van der Waals surface area (Å²) in [5.74, 6) is 0.541. The van der Waals surface area contributed by atoms with E-state index in [2.05, 4.69) is 22.9 Å². The second-order valence-electron chi connectivity index (χ2n) is 4.80. The maximum atomic E-state index is 12.4. The predicted molar refractivity (Wildman–Crippen MR) is 78.0 cm³/mol. The van der Waals surface area contributed by atoms with Crippen molar-refractivity contribution in [2.24, 2.45) is 18.7 Å². The number of likely N-dealkylation sites (tertiary alicyclic amines) is 1. The first-order valence-corrected chi connectivity index (χ1v) is 6.65. The standard InChI is InChI=1S/C12H18BrN3O.ClH/c1-8-3-9(5-14)6-16(8)12(17)11-4-10(13)7-15(11)2;/h4,7-9H,3,5-6,14H2,1-2H3;1H. The SMILES string of the molecule is CC1CC(CN)CN1C(=O)c1cc(Br)cn1C.Cl. The van der Waals surface area contributed by atoms with Crippen LogP contribution in [0.1, 0.15) is 23.8 Å². The van der Waals surface area contributed by atoms with E-state index < -0.39 is 0 Å². The molecule has 1 saturated heterocycles. The van der Waals surface area contributed by atoms with Crippen molar-refractivity contribution in [2.75, 3.05) is 13.1 Å². The minimum absolute atomic E-state index is 0. The van der Waals surface area contributed by atoms with Crippen LogP contribution >= 0.6 is 28.3 Å². The Bertz CT molecular complexity index is 435. The zero-order valence-corrected chi connectivity index (χ0v) is 13.0. The third kappa shape index (κ3) is 2.90. The Morgan fingerprint density at radius 2 is 2.28 bits per heavy atom. The number of hydrogen-bond acceptors (Lipinski definition) is 2. The number of rotatable bonds is 2. The van der Waals surface area contributed by atoms with Crippen molar-refractivity contribution >= 4 is 34.2 Å². The second-order valence-corrected chi connectivity index (χ2v) is 5.71. The number of carbonyl (C=O) groups excluding carboxylic acids is 1. The highest BCUT2D eigenvalue weighted by atomic mass is 79.9. The molecule has 2 atom stereocenters. The fraction of sp³-hybridized carbons (Fsp3) is 0.583. The molecular formula is C12H19BrClN3O. The number of nitrogens with two attached hydrogens (primary N) is 1. The van der Waals surface area contributed by atoms with Crippen LogP contribution in [0.5, 0.6) is 0 Å². The molecule has 1 aliphatic heterocycles. The van der Waals surface area contributed by atoms with Crippen LogP contribution in [0.4, 0.5) is 0 Å². The Morgan fingerprint density at radius 3 is 2.72 bits per heavy atom. The van der Waals surface area contributed by atoms with Gasteiger partial charge in [0.15, 0.2) is 0 Å². The summed E-state index contributed by atoms with van der Waals surface area (Å²) in [4.78, 5) is 14.3. The normalized spacial score (nSPS) is 23.0. The van der Waals surface area contributed by atoms with Gasteiger partial charge in [-0.3, -0.25) is 4.79 Å². The molecule has 1 aromatic rings. The highest BCUT2D eigenvalue weighted by Crippen LogP contribution is 2.25. The van der Waals surface area contributed by atoms with Crippen LogP contribution < -0.4 is 5.73 Å². The van der Waals surface area contributed by atoms with Crippen LogP contribution in [0, 0.1) is 5.92 Å². The van der Waals surface area contributed by atoms with Crippen LogP contribution in [0.25, 0.3) is 0 Å². The van der Waals surface area contributed by atoms with Crippen LogP contribution in [-0.2, 0) is 7.05 Å². The lowest BCUT2D eigenvalue weighted by molar-refractivity contribution is 0.0734. The second kappa shape index (κ2) is 6.08. The molecule has 18 heavy (non-hydrogen) atoms. The molecule has 1 aromatic heterocycles. The quantitative estimate of drug-likeness (QED) is 0.898. The minimum atomic E-state index is 0. The fourth-order valence-corrected chi connectivity index (χ4v) is 3.00. The van der Waals surface area contributed by atoms with Gasteiger partial charge >= 0.3 is 0 Å². The summed E-state index contributed by atoms with van der Waals surface area (Å²) in [5.41, 5.74) is 6.40. The zero-order chi connectivity index (χ0) is 12.6. The number of amides is 1. The van der Waals surface area contributed by atoms with E-state index >= 15 is 0 Å². The molecule has 4 nitrogen and oxygen atoms in total. The van der Waals surface area contributed by atoms with Gasteiger partial charge in [0.2, 0.25) is 0 Å². The van der Waals surface area contributed by atoms with E-state index in [-0.39, 0.29) is 24.4 Å². The molecule has 0 saturated carbocycles. The first-order valence-electron chi connectivity index (χ1n) is 5.85. The number of halogens is 2. The number of aromatic nitrogens is 1. The molecule has 1 fully saturated rings. The number of carbonyl (C=O) groups is 1. The van der Waals surface area contributed by atoms with Gasteiger partial charge in [-0.2, -0.15) is 0 Å². The van der Waals surface area contributed by atoms with Crippen LogP contribution in [0.2, 0.25) is 0 Å². The van der Waals surface area contributed by atoms with E-state index in [0.717, 1.165) is 23.1 Å². The molecule has 102 valence electrons. The molecule has 2 unspecified atom stereocenters. The lowest BCUT2D eigenvalue weighted by atomic mass is 10.1. The number of hydrogen-bond donors (Lipinski definition) is 1. The van der Waals surface area contributed by atoms with E-state index in [0.29, 0.717) is 12.5 Å². The molecule has 0 spiro atoms. The third-order valence-electron chi connectivity index (χ3n) is 3.45. The van der Waals surface area contributed by atoms with Crippen molar-refractivity contribution in [1.29, 1.82) is 0 Å². The van der Waals surface area contributed by atoms with Gasteiger partial charge in [0, 0.05) is 30.3 Å². The monoisotopic (exact) mass is 335 g/mol. The van der Waals surface area contributed by atoms with Crippen molar-refractivity contribution < 1.29 is 4.79 Å². The third-order valence-corrected chi connectivity index (χ3v) is 3.88. The van der Waals surface area contributed by atoms with Gasteiger partial charge in [-0.1, -0.05) is 0 Å². The van der Waals surface area contributed by atoms with Gasteiger partial charge < -0.3 is 15.2 Å². The maximum Gasteiger partial charge on any atom is 0.270 e. The van der Waals surface area contributed by atoms with E-state index in [1.807, 2.05) is 28.8 Å². The molecule has 2 rings (SSSR count). The smallest absolute Gasteiger partial charge is 0.270 e. The zero-order valence-electron chi connectivity index (χ0n) is 10.6. The van der Waals surface area contributed by atoms with Crippen molar-refractivity contribution in [3.63, 3.8) is 0 Å².